The monoisotopic (exact) mass is 460 g/mol. The Hall–Kier alpha value is -0.860. The molecule has 0 bridgehead atoms. The van der Waals surface area contributed by atoms with Crippen LogP contribution in [0.5, 0.6) is 0 Å². The molecule has 0 atom stereocenters. The van der Waals surface area contributed by atoms with Gasteiger partial charge in [0, 0.05) is 46.8 Å². The Labute approximate surface area is 169 Å². The fraction of sp³-hybridized carbons (Fsp3) is 0.632. The fourth-order valence-corrected chi connectivity index (χ4v) is 2.85. The third-order valence-corrected chi connectivity index (χ3v) is 4.40. The molecular weight excluding hydrogens is 427 g/mol. The lowest BCUT2D eigenvalue weighted by Crippen LogP contribution is -2.38. The number of aliphatic imine (C=N–C) groups is 1. The first-order valence-electron chi connectivity index (χ1n) is 9.02. The number of unbranched alkanes of at least 4 members (excludes halogenated alkanes) is 1. The number of nitrogens with one attached hydrogen (secondary N) is 1. The SMILES string of the molecule is CCCCN(C)C(=NC)NCc1ccc(CN2CCOCC2)cc1.I. The van der Waals surface area contributed by atoms with Gasteiger partial charge < -0.3 is 15.0 Å². The predicted octanol–water partition coefficient (Wildman–Crippen LogP) is 2.94. The van der Waals surface area contributed by atoms with Crippen molar-refractivity contribution in [2.75, 3.05) is 46.9 Å². The highest BCUT2D eigenvalue weighted by molar-refractivity contribution is 14.0. The predicted molar refractivity (Wildman–Crippen MR) is 116 cm³/mol. The van der Waals surface area contributed by atoms with Crippen molar-refractivity contribution in [1.29, 1.82) is 0 Å². The summed E-state index contributed by atoms with van der Waals surface area (Å²) < 4.78 is 5.40. The molecule has 1 fully saturated rings. The summed E-state index contributed by atoms with van der Waals surface area (Å²) in [4.78, 5) is 9.00. The van der Waals surface area contributed by atoms with Crippen molar-refractivity contribution in [3.05, 3.63) is 35.4 Å². The second kappa shape index (κ2) is 12.5. The maximum absolute atomic E-state index is 5.40. The zero-order valence-corrected chi connectivity index (χ0v) is 18.2. The van der Waals surface area contributed by atoms with Gasteiger partial charge in [-0.05, 0) is 17.5 Å². The lowest BCUT2D eigenvalue weighted by molar-refractivity contribution is 0.0342. The van der Waals surface area contributed by atoms with E-state index in [4.69, 9.17) is 4.74 Å². The van der Waals surface area contributed by atoms with Crippen LogP contribution < -0.4 is 5.32 Å². The van der Waals surface area contributed by atoms with E-state index in [9.17, 15) is 0 Å². The maximum Gasteiger partial charge on any atom is 0.193 e. The van der Waals surface area contributed by atoms with Crippen LogP contribution in [0, 0.1) is 0 Å². The number of ether oxygens (including phenoxy) is 1. The lowest BCUT2D eigenvalue weighted by Gasteiger charge is -2.26. The van der Waals surface area contributed by atoms with Gasteiger partial charge in [0.2, 0.25) is 0 Å². The first-order chi connectivity index (χ1) is 11.7. The second-order valence-electron chi connectivity index (χ2n) is 6.38. The van der Waals surface area contributed by atoms with Crippen molar-refractivity contribution in [2.45, 2.75) is 32.9 Å². The summed E-state index contributed by atoms with van der Waals surface area (Å²) in [5, 5.41) is 3.44. The summed E-state index contributed by atoms with van der Waals surface area (Å²) in [6.07, 6.45) is 2.39. The normalized spacial score (nSPS) is 15.6. The fourth-order valence-electron chi connectivity index (χ4n) is 2.85. The van der Waals surface area contributed by atoms with E-state index in [-0.39, 0.29) is 24.0 Å². The Balaban J connectivity index is 0.00000312. The van der Waals surface area contributed by atoms with E-state index in [1.165, 1.54) is 24.0 Å². The highest BCUT2D eigenvalue weighted by Crippen LogP contribution is 2.09. The Morgan fingerprint density at radius 3 is 2.44 bits per heavy atom. The quantitative estimate of drug-likeness (QED) is 0.386. The van der Waals surface area contributed by atoms with Crippen LogP contribution >= 0.6 is 24.0 Å². The van der Waals surface area contributed by atoms with Crippen LogP contribution in [0.15, 0.2) is 29.3 Å². The largest absolute Gasteiger partial charge is 0.379 e. The van der Waals surface area contributed by atoms with Gasteiger partial charge in [-0.2, -0.15) is 0 Å². The molecule has 0 amide bonds. The summed E-state index contributed by atoms with van der Waals surface area (Å²) in [6, 6.07) is 8.89. The number of benzene rings is 1. The lowest BCUT2D eigenvalue weighted by atomic mass is 10.1. The van der Waals surface area contributed by atoms with Crippen LogP contribution in [0.3, 0.4) is 0 Å². The minimum absolute atomic E-state index is 0. The van der Waals surface area contributed by atoms with Gasteiger partial charge in [0.05, 0.1) is 13.2 Å². The molecule has 2 rings (SSSR count). The number of guanidine groups is 1. The zero-order chi connectivity index (χ0) is 17.2. The third kappa shape index (κ3) is 7.92. The molecule has 0 unspecified atom stereocenters. The zero-order valence-electron chi connectivity index (χ0n) is 15.8. The molecule has 1 aliphatic rings. The molecule has 6 heteroatoms. The van der Waals surface area contributed by atoms with Crippen molar-refractivity contribution < 1.29 is 4.74 Å². The number of rotatable bonds is 7. The summed E-state index contributed by atoms with van der Waals surface area (Å²) >= 11 is 0. The molecule has 0 aliphatic carbocycles. The molecule has 0 saturated carbocycles. The number of halogens is 1. The van der Waals surface area contributed by atoms with Crippen molar-refractivity contribution in [1.82, 2.24) is 15.1 Å². The summed E-state index contributed by atoms with van der Waals surface area (Å²) in [5.74, 6) is 0.959. The maximum atomic E-state index is 5.40. The van der Waals surface area contributed by atoms with Crippen LogP contribution in [0.4, 0.5) is 0 Å². The second-order valence-corrected chi connectivity index (χ2v) is 6.38. The number of hydrogen-bond acceptors (Lipinski definition) is 3. The molecule has 0 spiro atoms. The number of nitrogens with zero attached hydrogens (tertiary/aromatic N) is 3. The van der Waals surface area contributed by atoms with E-state index in [1.807, 2.05) is 7.05 Å². The van der Waals surface area contributed by atoms with Gasteiger partial charge in [-0.1, -0.05) is 37.6 Å². The molecule has 0 radical (unpaired) electrons. The van der Waals surface area contributed by atoms with Gasteiger partial charge in [-0.3, -0.25) is 9.89 Å². The van der Waals surface area contributed by atoms with E-state index in [0.717, 1.165) is 51.9 Å². The average molecular weight is 460 g/mol. The number of morpholine rings is 1. The Kier molecular flexibility index (Phi) is 11.1. The van der Waals surface area contributed by atoms with Crippen molar-refractivity contribution in [3.8, 4) is 0 Å². The minimum Gasteiger partial charge on any atom is -0.379 e. The summed E-state index contributed by atoms with van der Waals surface area (Å²) in [5.41, 5.74) is 2.65. The van der Waals surface area contributed by atoms with E-state index in [2.05, 4.69) is 58.3 Å². The third-order valence-electron chi connectivity index (χ3n) is 4.40. The Morgan fingerprint density at radius 2 is 1.84 bits per heavy atom. The van der Waals surface area contributed by atoms with Gasteiger partial charge in [-0.25, -0.2) is 0 Å². The standard InChI is InChI=1S/C19H32N4O.HI/c1-4-5-10-22(3)19(20-2)21-15-17-6-8-18(9-7-17)16-23-11-13-24-14-12-23;/h6-9H,4-5,10-16H2,1-3H3,(H,20,21);1H. The van der Waals surface area contributed by atoms with Crippen molar-refractivity contribution in [2.24, 2.45) is 4.99 Å². The van der Waals surface area contributed by atoms with E-state index >= 15 is 0 Å². The van der Waals surface area contributed by atoms with Gasteiger partial charge in [-0.15, -0.1) is 24.0 Å². The van der Waals surface area contributed by atoms with Gasteiger partial charge >= 0.3 is 0 Å². The average Bonchev–Trinajstić information content (AvgIpc) is 2.62. The molecule has 5 nitrogen and oxygen atoms in total. The van der Waals surface area contributed by atoms with E-state index in [1.54, 1.807) is 0 Å². The van der Waals surface area contributed by atoms with Gasteiger partial charge in [0.1, 0.15) is 0 Å². The highest BCUT2D eigenvalue weighted by Gasteiger charge is 2.10. The van der Waals surface area contributed by atoms with E-state index in [0.29, 0.717) is 0 Å². The molecule has 25 heavy (non-hydrogen) atoms. The topological polar surface area (TPSA) is 40.1 Å². The first kappa shape index (κ1) is 22.2. The Morgan fingerprint density at radius 1 is 1.20 bits per heavy atom. The first-order valence-corrected chi connectivity index (χ1v) is 9.02. The van der Waals surface area contributed by atoms with Gasteiger partial charge in [0.15, 0.2) is 5.96 Å². The molecule has 1 aromatic carbocycles. The van der Waals surface area contributed by atoms with Crippen molar-refractivity contribution in [3.63, 3.8) is 0 Å². The summed E-state index contributed by atoms with van der Waals surface area (Å²) in [6.45, 7) is 8.84. The van der Waals surface area contributed by atoms with Crippen LogP contribution in [0.1, 0.15) is 30.9 Å². The van der Waals surface area contributed by atoms with Gasteiger partial charge in [0.25, 0.3) is 0 Å². The van der Waals surface area contributed by atoms with Crippen LogP contribution in [0.2, 0.25) is 0 Å². The summed E-state index contributed by atoms with van der Waals surface area (Å²) in [7, 11) is 3.94. The molecule has 1 aromatic rings. The molecule has 1 aliphatic heterocycles. The van der Waals surface area contributed by atoms with Crippen LogP contribution in [0.25, 0.3) is 0 Å². The molecule has 1 N–H and O–H groups in total. The molecule has 0 aromatic heterocycles. The molecule has 1 heterocycles. The smallest absolute Gasteiger partial charge is 0.193 e. The number of hydrogen-bond donors (Lipinski definition) is 1. The van der Waals surface area contributed by atoms with E-state index < -0.39 is 0 Å². The minimum atomic E-state index is 0. The van der Waals surface area contributed by atoms with Crippen LogP contribution in [-0.4, -0.2) is 62.7 Å². The van der Waals surface area contributed by atoms with Crippen molar-refractivity contribution >= 4 is 29.9 Å². The molecular formula is C19H33IN4O. The Bertz CT molecular complexity index is 501. The molecule has 1 saturated heterocycles. The molecule has 142 valence electrons. The highest BCUT2D eigenvalue weighted by atomic mass is 127. The van der Waals surface area contributed by atoms with Crippen LogP contribution in [-0.2, 0) is 17.8 Å².